The molecule has 0 saturated carbocycles. The van der Waals surface area contributed by atoms with Crippen LogP contribution in [-0.4, -0.2) is 24.1 Å². The van der Waals surface area contributed by atoms with E-state index in [1.165, 1.54) is 6.26 Å². The summed E-state index contributed by atoms with van der Waals surface area (Å²) in [6.45, 7) is 1.06. The zero-order valence-electron chi connectivity index (χ0n) is 8.48. The van der Waals surface area contributed by atoms with E-state index in [0.717, 1.165) is 0 Å². The average Bonchev–Trinajstić information content (AvgIpc) is 2.69. The van der Waals surface area contributed by atoms with Crippen LogP contribution in [0.25, 0.3) is 0 Å². The molecule has 1 rings (SSSR count). The molecular formula is C10H16N2O3. The highest BCUT2D eigenvalue weighted by Gasteiger charge is 2.08. The molecule has 0 aliphatic carbocycles. The Labute approximate surface area is 88.3 Å². The van der Waals surface area contributed by atoms with Crippen molar-refractivity contribution in [3.63, 3.8) is 0 Å². The van der Waals surface area contributed by atoms with E-state index in [9.17, 15) is 9.90 Å². The molecule has 1 unspecified atom stereocenters. The van der Waals surface area contributed by atoms with Crippen LogP contribution in [0, 0.1) is 0 Å². The second-order valence-electron chi connectivity index (χ2n) is 3.31. The first-order chi connectivity index (χ1) is 7.20. The Kier molecular flexibility index (Phi) is 4.86. The number of furan rings is 1. The summed E-state index contributed by atoms with van der Waals surface area (Å²) in [4.78, 5) is 10.4. The first kappa shape index (κ1) is 11.7. The minimum absolute atomic E-state index is 0.302. The second kappa shape index (κ2) is 6.21. The third kappa shape index (κ3) is 4.62. The Hall–Kier alpha value is -1.33. The Morgan fingerprint density at radius 1 is 1.67 bits per heavy atom. The van der Waals surface area contributed by atoms with Gasteiger partial charge in [0.25, 0.3) is 0 Å². The van der Waals surface area contributed by atoms with Crippen molar-refractivity contribution in [1.29, 1.82) is 0 Å². The largest absolute Gasteiger partial charge is 0.467 e. The van der Waals surface area contributed by atoms with Gasteiger partial charge in [0.1, 0.15) is 11.9 Å². The number of primary amides is 1. The van der Waals surface area contributed by atoms with Gasteiger partial charge in [-0.15, -0.1) is 0 Å². The van der Waals surface area contributed by atoms with E-state index in [2.05, 4.69) is 5.32 Å². The highest BCUT2D eigenvalue weighted by molar-refractivity contribution is 5.73. The first-order valence-corrected chi connectivity index (χ1v) is 4.90. The van der Waals surface area contributed by atoms with Gasteiger partial charge >= 0.3 is 0 Å². The van der Waals surface area contributed by atoms with Gasteiger partial charge in [-0.2, -0.15) is 0 Å². The molecule has 0 saturated heterocycles. The number of nitrogens with one attached hydrogen (secondary N) is 1. The number of amides is 1. The smallest absolute Gasteiger partial charge is 0.217 e. The fraction of sp³-hybridized carbons (Fsp3) is 0.500. The van der Waals surface area contributed by atoms with Gasteiger partial charge in [0, 0.05) is 13.0 Å². The molecule has 1 heterocycles. The zero-order chi connectivity index (χ0) is 11.1. The minimum atomic E-state index is -0.645. The summed E-state index contributed by atoms with van der Waals surface area (Å²) in [5.41, 5.74) is 4.98. The highest BCUT2D eigenvalue weighted by Crippen LogP contribution is 2.11. The number of nitrogens with two attached hydrogens (primary N) is 1. The maximum absolute atomic E-state index is 10.4. The van der Waals surface area contributed by atoms with Gasteiger partial charge in [-0.3, -0.25) is 4.79 Å². The van der Waals surface area contributed by atoms with Crippen molar-refractivity contribution in [2.75, 3.05) is 13.1 Å². The summed E-state index contributed by atoms with van der Waals surface area (Å²) in [5.74, 6) is 0.237. The standard InChI is InChI=1S/C10H16N2O3/c11-10(14)4-1-5-12-7-8(13)9-3-2-6-15-9/h2-3,6,8,12-13H,1,4-5,7H2,(H2,11,14). The molecule has 0 aliphatic rings. The van der Waals surface area contributed by atoms with Crippen molar-refractivity contribution < 1.29 is 14.3 Å². The summed E-state index contributed by atoms with van der Waals surface area (Å²) >= 11 is 0. The Morgan fingerprint density at radius 2 is 2.47 bits per heavy atom. The van der Waals surface area contributed by atoms with Crippen LogP contribution in [0.5, 0.6) is 0 Å². The number of aliphatic hydroxyl groups excluding tert-OH is 1. The molecule has 4 N–H and O–H groups in total. The van der Waals surface area contributed by atoms with Crippen LogP contribution in [0.3, 0.4) is 0 Å². The predicted octanol–water partition coefficient (Wildman–Crippen LogP) is 0.168. The molecule has 0 fully saturated rings. The lowest BCUT2D eigenvalue weighted by molar-refractivity contribution is -0.118. The molecule has 1 amide bonds. The molecule has 0 aliphatic heterocycles. The van der Waals surface area contributed by atoms with Gasteiger partial charge in [0.2, 0.25) is 5.91 Å². The SMILES string of the molecule is NC(=O)CCCNCC(O)c1ccco1. The lowest BCUT2D eigenvalue weighted by Crippen LogP contribution is -2.23. The Morgan fingerprint density at radius 3 is 3.07 bits per heavy atom. The average molecular weight is 212 g/mol. The molecule has 0 radical (unpaired) electrons. The van der Waals surface area contributed by atoms with Crippen molar-refractivity contribution in [3.05, 3.63) is 24.2 Å². The van der Waals surface area contributed by atoms with E-state index < -0.39 is 6.10 Å². The third-order valence-corrected chi connectivity index (χ3v) is 1.99. The molecule has 5 nitrogen and oxygen atoms in total. The van der Waals surface area contributed by atoms with E-state index in [1.807, 2.05) is 0 Å². The molecule has 0 bridgehead atoms. The lowest BCUT2D eigenvalue weighted by Gasteiger charge is -2.08. The lowest BCUT2D eigenvalue weighted by atomic mass is 10.2. The molecule has 84 valence electrons. The van der Waals surface area contributed by atoms with Crippen LogP contribution in [0.1, 0.15) is 24.7 Å². The van der Waals surface area contributed by atoms with Gasteiger partial charge in [0.05, 0.1) is 6.26 Å². The number of aliphatic hydroxyl groups is 1. The summed E-state index contributed by atoms with van der Waals surface area (Å²) in [6.07, 6.45) is 1.92. The molecule has 0 spiro atoms. The Balaban J connectivity index is 2.08. The van der Waals surface area contributed by atoms with Crippen LogP contribution in [-0.2, 0) is 4.79 Å². The molecule has 1 aromatic rings. The van der Waals surface area contributed by atoms with E-state index in [1.54, 1.807) is 12.1 Å². The van der Waals surface area contributed by atoms with Crippen LogP contribution in [0.4, 0.5) is 0 Å². The Bertz CT molecular complexity index is 285. The molecule has 15 heavy (non-hydrogen) atoms. The molecule has 1 atom stereocenters. The molecule has 0 aromatic carbocycles. The van der Waals surface area contributed by atoms with Crippen molar-refractivity contribution in [3.8, 4) is 0 Å². The topological polar surface area (TPSA) is 88.5 Å². The third-order valence-electron chi connectivity index (χ3n) is 1.99. The summed E-state index contributed by atoms with van der Waals surface area (Å²) in [7, 11) is 0. The maximum atomic E-state index is 10.4. The molecule has 1 aromatic heterocycles. The van der Waals surface area contributed by atoms with Gasteiger partial charge in [-0.05, 0) is 25.1 Å². The second-order valence-corrected chi connectivity index (χ2v) is 3.31. The van der Waals surface area contributed by atoms with Gasteiger partial charge in [0.15, 0.2) is 0 Å². The maximum Gasteiger partial charge on any atom is 0.217 e. The zero-order valence-corrected chi connectivity index (χ0v) is 8.48. The quantitative estimate of drug-likeness (QED) is 0.562. The minimum Gasteiger partial charge on any atom is -0.467 e. The number of hydrogen-bond donors (Lipinski definition) is 3. The number of carbonyl (C=O) groups is 1. The van der Waals surface area contributed by atoms with Crippen molar-refractivity contribution in [1.82, 2.24) is 5.32 Å². The first-order valence-electron chi connectivity index (χ1n) is 4.90. The monoisotopic (exact) mass is 212 g/mol. The van der Waals surface area contributed by atoms with Crippen molar-refractivity contribution in [2.45, 2.75) is 18.9 Å². The van der Waals surface area contributed by atoms with Gasteiger partial charge < -0.3 is 20.6 Å². The molecule has 5 heteroatoms. The van der Waals surface area contributed by atoms with E-state index >= 15 is 0 Å². The van der Waals surface area contributed by atoms with Crippen molar-refractivity contribution in [2.24, 2.45) is 5.73 Å². The van der Waals surface area contributed by atoms with E-state index in [0.29, 0.717) is 31.7 Å². The fourth-order valence-corrected chi connectivity index (χ4v) is 1.21. The number of hydrogen-bond acceptors (Lipinski definition) is 4. The van der Waals surface area contributed by atoms with Crippen molar-refractivity contribution >= 4 is 5.91 Å². The summed E-state index contributed by atoms with van der Waals surface area (Å²) in [5, 5.41) is 12.6. The summed E-state index contributed by atoms with van der Waals surface area (Å²) < 4.78 is 5.03. The van der Waals surface area contributed by atoms with Gasteiger partial charge in [-0.1, -0.05) is 0 Å². The van der Waals surface area contributed by atoms with Crippen LogP contribution < -0.4 is 11.1 Å². The normalized spacial score (nSPS) is 12.6. The van der Waals surface area contributed by atoms with Crippen LogP contribution >= 0.6 is 0 Å². The predicted molar refractivity (Wildman–Crippen MR) is 55.0 cm³/mol. The molecular weight excluding hydrogens is 196 g/mol. The number of carbonyl (C=O) groups excluding carboxylic acids is 1. The van der Waals surface area contributed by atoms with E-state index in [4.69, 9.17) is 10.2 Å². The summed E-state index contributed by atoms with van der Waals surface area (Å²) in [6, 6.07) is 3.45. The fourth-order valence-electron chi connectivity index (χ4n) is 1.21. The van der Waals surface area contributed by atoms with Gasteiger partial charge in [-0.25, -0.2) is 0 Å². The highest BCUT2D eigenvalue weighted by atomic mass is 16.4. The van der Waals surface area contributed by atoms with Crippen LogP contribution in [0.15, 0.2) is 22.8 Å². The number of rotatable bonds is 7. The van der Waals surface area contributed by atoms with E-state index in [-0.39, 0.29) is 5.91 Å². The van der Waals surface area contributed by atoms with Crippen LogP contribution in [0.2, 0.25) is 0 Å².